The highest BCUT2D eigenvalue weighted by Crippen LogP contribution is 2.21. The molecule has 1 unspecified atom stereocenters. The Hall–Kier alpha value is -3.18. The van der Waals surface area contributed by atoms with Gasteiger partial charge in [-0.2, -0.15) is 0 Å². The predicted octanol–water partition coefficient (Wildman–Crippen LogP) is 0.377. The van der Waals surface area contributed by atoms with E-state index in [0.29, 0.717) is 31.7 Å². The predicted molar refractivity (Wildman–Crippen MR) is 146 cm³/mol. The molecule has 0 aromatic heterocycles. The van der Waals surface area contributed by atoms with Gasteiger partial charge in [0.25, 0.3) is 0 Å². The number of piperidine rings is 1. The lowest BCUT2D eigenvalue weighted by Gasteiger charge is -2.39. The van der Waals surface area contributed by atoms with Gasteiger partial charge in [0.05, 0.1) is 31.2 Å². The van der Waals surface area contributed by atoms with Gasteiger partial charge in [-0.25, -0.2) is 0 Å². The van der Waals surface area contributed by atoms with Gasteiger partial charge in [0.15, 0.2) is 0 Å². The molecule has 11 nitrogen and oxygen atoms in total. The molecule has 4 amide bonds. The minimum atomic E-state index is -1.17. The summed E-state index contributed by atoms with van der Waals surface area (Å²) in [6.07, 6.45) is 1.92. The SMILES string of the molecule is CC(C)(C)NC(=O)[C@@H]1CCCCN1C[C@H](O)[C@H]1Cc2ccc(cc2)OCCCC(=O)NC(CC(N)=O)C(=O)N1. The number of β-amino-alcohol motifs (C(OH)–C–C–N with tert-alkyl or cyclic N) is 1. The largest absolute Gasteiger partial charge is 0.494 e. The summed E-state index contributed by atoms with van der Waals surface area (Å²) in [6, 6.07) is 5.05. The van der Waals surface area contributed by atoms with E-state index in [-0.39, 0.29) is 43.3 Å². The molecule has 3 heterocycles. The van der Waals surface area contributed by atoms with E-state index >= 15 is 0 Å². The van der Waals surface area contributed by atoms with E-state index in [1.807, 2.05) is 49.9 Å². The van der Waals surface area contributed by atoms with Gasteiger partial charge in [0, 0.05) is 18.5 Å². The summed E-state index contributed by atoms with van der Waals surface area (Å²) in [7, 11) is 0. The van der Waals surface area contributed by atoms with Gasteiger partial charge in [-0.15, -0.1) is 0 Å². The van der Waals surface area contributed by atoms with Crippen LogP contribution in [0.2, 0.25) is 0 Å². The van der Waals surface area contributed by atoms with Crippen LogP contribution in [0.1, 0.15) is 64.9 Å². The number of nitrogens with zero attached hydrogens (tertiary/aromatic N) is 1. The van der Waals surface area contributed by atoms with Crippen LogP contribution < -0.4 is 26.4 Å². The summed E-state index contributed by atoms with van der Waals surface area (Å²) in [5, 5.41) is 19.9. The monoisotopic (exact) mass is 545 g/mol. The van der Waals surface area contributed by atoms with Crippen molar-refractivity contribution in [1.82, 2.24) is 20.9 Å². The first-order chi connectivity index (χ1) is 18.4. The van der Waals surface area contributed by atoms with E-state index in [1.54, 1.807) is 0 Å². The standard InChI is InChI=1S/C28H43N5O6/c1-28(2,3)32-27(38)22-7-4-5-13-33(22)17-23(34)20-15-18-9-11-19(12-10-18)39-14-6-8-25(36)30-21(16-24(29)35)26(37)31-20/h9-12,20-23,34H,4-8,13-17H2,1-3H3,(H2,29,35)(H,30,36)(H,31,37)(H,32,38)/t20-,21?,22+,23+/m1/s1. The van der Waals surface area contributed by atoms with Crippen LogP contribution in [0.25, 0.3) is 0 Å². The Morgan fingerprint density at radius 1 is 1.15 bits per heavy atom. The molecule has 0 spiro atoms. The maximum atomic E-state index is 13.3. The van der Waals surface area contributed by atoms with Gasteiger partial charge >= 0.3 is 0 Å². The number of carbonyl (C=O) groups is 4. The number of primary amides is 1. The molecule has 4 atom stereocenters. The van der Waals surface area contributed by atoms with Crippen LogP contribution in [0.5, 0.6) is 5.75 Å². The van der Waals surface area contributed by atoms with Gasteiger partial charge in [-0.05, 0) is 70.7 Å². The Morgan fingerprint density at radius 3 is 2.54 bits per heavy atom. The van der Waals surface area contributed by atoms with E-state index in [9.17, 15) is 24.3 Å². The fourth-order valence-corrected chi connectivity index (χ4v) is 4.97. The van der Waals surface area contributed by atoms with Crippen molar-refractivity contribution in [2.75, 3.05) is 19.7 Å². The Balaban J connectivity index is 1.83. The van der Waals surface area contributed by atoms with Gasteiger partial charge in [0.2, 0.25) is 23.6 Å². The van der Waals surface area contributed by atoms with Crippen molar-refractivity contribution in [2.24, 2.45) is 5.73 Å². The molecule has 11 heteroatoms. The Kier molecular flexibility index (Phi) is 10.7. The first kappa shape index (κ1) is 30.4. The molecule has 3 aliphatic heterocycles. The molecule has 1 aromatic carbocycles. The number of hydrogen-bond donors (Lipinski definition) is 5. The molecule has 4 rings (SSSR count). The van der Waals surface area contributed by atoms with Crippen LogP contribution in [0, 0.1) is 0 Å². The number of likely N-dealkylation sites (tertiary alicyclic amines) is 1. The molecule has 0 saturated carbocycles. The lowest BCUT2D eigenvalue weighted by atomic mass is 9.96. The third-order valence-corrected chi connectivity index (χ3v) is 6.88. The van der Waals surface area contributed by atoms with Crippen LogP contribution in [0.4, 0.5) is 0 Å². The highest BCUT2D eigenvalue weighted by Gasteiger charge is 2.35. The molecular weight excluding hydrogens is 502 g/mol. The molecule has 0 aliphatic carbocycles. The molecular formula is C28H43N5O6. The molecule has 216 valence electrons. The van der Waals surface area contributed by atoms with Crippen molar-refractivity contribution in [2.45, 2.75) is 95.5 Å². The number of fused-ring (bicyclic) bond motifs is 12. The zero-order valence-corrected chi connectivity index (χ0v) is 23.2. The second kappa shape index (κ2) is 13.7. The van der Waals surface area contributed by atoms with Crippen molar-refractivity contribution in [3.8, 4) is 5.75 Å². The summed E-state index contributed by atoms with van der Waals surface area (Å²) in [4.78, 5) is 52.4. The van der Waals surface area contributed by atoms with Crippen molar-refractivity contribution in [3.63, 3.8) is 0 Å². The number of amides is 4. The maximum absolute atomic E-state index is 13.3. The van der Waals surface area contributed by atoms with Crippen LogP contribution in [-0.2, 0) is 25.6 Å². The smallest absolute Gasteiger partial charge is 0.243 e. The Bertz CT molecular complexity index is 1010. The van der Waals surface area contributed by atoms with Crippen LogP contribution >= 0.6 is 0 Å². The summed E-state index contributed by atoms with van der Waals surface area (Å²) in [6.45, 7) is 6.92. The Morgan fingerprint density at radius 2 is 1.87 bits per heavy atom. The van der Waals surface area contributed by atoms with Crippen molar-refractivity contribution in [3.05, 3.63) is 29.8 Å². The first-order valence-corrected chi connectivity index (χ1v) is 13.7. The summed E-state index contributed by atoms with van der Waals surface area (Å²) in [5.41, 5.74) is 5.83. The average Bonchev–Trinajstić information content (AvgIpc) is 2.85. The van der Waals surface area contributed by atoms with E-state index in [0.717, 1.165) is 18.4 Å². The number of aliphatic hydroxyl groups excluding tert-OH is 1. The molecule has 1 aromatic rings. The Labute approximate surface area is 230 Å². The second-order valence-electron chi connectivity index (χ2n) is 11.5. The number of aliphatic hydroxyl groups is 1. The first-order valence-electron chi connectivity index (χ1n) is 13.7. The van der Waals surface area contributed by atoms with Crippen molar-refractivity contribution >= 4 is 23.6 Å². The van der Waals surface area contributed by atoms with Gasteiger partial charge < -0.3 is 31.5 Å². The minimum absolute atomic E-state index is 0.0830. The summed E-state index contributed by atoms with van der Waals surface area (Å²) >= 11 is 0. The topological polar surface area (TPSA) is 163 Å². The van der Waals surface area contributed by atoms with Gasteiger partial charge in [-0.3, -0.25) is 24.1 Å². The normalized spacial score (nSPS) is 24.4. The average molecular weight is 546 g/mol. The van der Waals surface area contributed by atoms with Gasteiger partial charge in [0.1, 0.15) is 11.8 Å². The molecule has 6 N–H and O–H groups in total. The fourth-order valence-electron chi connectivity index (χ4n) is 4.97. The van der Waals surface area contributed by atoms with Gasteiger partial charge in [-0.1, -0.05) is 18.6 Å². The van der Waals surface area contributed by atoms with Crippen molar-refractivity contribution < 1.29 is 29.0 Å². The van der Waals surface area contributed by atoms with E-state index in [4.69, 9.17) is 10.5 Å². The zero-order valence-electron chi connectivity index (χ0n) is 23.2. The maximum Gasteiger partial charge on any atom is 0.243 e. The summed E-state index contributed by atoms with van der Waals surface area (Å²) < 4.78 is 5.71. The molecule has 0 radical (unpaired) electrons. The lowest BCUT2D eigenvalue weighted by Crippen LogP contribution is -2.59. The fraction of sp³-hybridized carbons (Fsp3) is 0.643. The van der Waals surface area contributed by atoms with E-state index < -0.39 is 35.9 Å². The number of hydrogen-bond acceptors (Lipinski definition) is 7. The third kappa shape index (κ3) is 9.81. The molecule has 39 heavy (non-hydrogen) atoms. The minimum Gasteiger partial charge on any atom is -0.494 e. The molecule has 2 bridgehead atoms. The number of carbonyl (C=O) groups excluding carboxylic acids is 4. The number of rotatable bonds is 6. The lowest BCUT2D eigenvalue weighted by molar-refractivity contribution is -0.132. The molecule has 1 fully saturated rings. The molecule has 1 saturated heterocycles. The molecule has 3 aliphatic rings. The highest BCUT2D eigenvalue weighted by atomic mass is 16.5. The van der Waals surface area contributed by atoms with Crippen molar-refractivity contribution in [1.29, 1.82) is 0 Å². The van der Waals surface area contributed by atoms with E-state index in [2.05, 4.69) is 16.0 Å². The van der Waals surface area contributed by atoms with Crippen LogP contribution in [0.3, 0.4) is 0 Å². The van der Waals surface area contributed by atoms with Crippen LogP contribution in [-0.4, -0.2) is 83.1 Å². The van der Waals surface area contributed by atoms with Crippen LogP contribution in [0.15, 0.2) is 24.3 Å². The zero-order chi connectivity index (χ0) is 28.6. The summed E-state index contributed by atoms with van der Waals surface area (Å²) in [5.74, 6) is -1.16. The second-order valence-corrected chi connectivity index (χ2v) is 11.5. The highest BCUT2D eigenvalue weighted by molar-refractivity contribution is 5.91. The number of benzene rings is 1. The number of nitrogens with one attached hydrogen (secondary N) is 3. The quantitative estimate of drug-likeness (QED) is 0.345. The third-order valence-electron chi connectivity index (χ3n) is 6.88. The number of nitrogens with two attached hydrogens (primary N) is 1. The number of ether oxygens (including phenoxy) is 1. The van der Waals surface area contributed by atoms with E-state index in [1.165, 1.54) is 0 Å².